The molecule has 1 heterocycles. The van der Waals surface area contributed by atoms with Crippen LogP contribution in [0.5, 0.6) is 0 Å². The third-order valence-corrected chi connectivity index (χ3v) is 2.49. The van der Waals surface area contributed by atoms with Crippen molar-refractivity contribution >= 4 is 16.1 Å². The highest BCUT2D eigenvalue weighted by molar-refractivity contribution is 7.95. The molecule has 0 bridgehead atoms. The summed E-state index contributed by atoms with van der Waals surface area (Å²) in [4.78, 5) is 0. The minimum Gasteiger partial charge on any atom is -0.384 e. The Bertz CT molecular complexity index is 299. The monoisotopic (exact) mass is 218 g/mol. The summed E-state index contributed by atoms with van der Waals surface area (Å²) in [5.74, 6) is 0. The molecule has 0 aliphatic carbocycles. The van der Waals surface area contributed by atoms with E-state index in [2.05, 4.69) is 5.32 Å². The van der Waals surface area contributed by atoms with Gasteiger partial charge in [0.05, 0.1) is 6.61 Å². The quantitative estimate of drug-likeness (QED) is 0.339. The van der Waals surface area contributed by atoms with Gasteiger partial charge >= 0.3 is 0 Å². The number of hydrogen-bond donors (Lipinski definition) is 3. The maximum atomic E-state index is 10.6. The molecule has 1 unspecified atom stereocenters. The van der Waals surface area contributed by atoms with Crippen molar-refractivity contribution in [2.24, 2.45) is 0 Å². The van der Waals surface area contributed by atoms with Gasteiger partial charge in [0.2, 0.25) is 11.1 Å². The van der Waals surface area contributed by atoms with Gasteiger partial charge in [-0.25, -0.2) is 4.21 Å². The zero-order chi connectivity index (χ0) is 10.8. The Hall–Kier alpha value is -0.720. The zero-order valence-electron chi connectivity index (χ0n) is 8.16. The Morgan fingerprint density at radius 2 is 2.43 bits per heavy atom. The van der Waals surface area contributed by atoms with Crippen molar-refractivity contribution in [1.29, 1.82) is 5.41 Å². The Balaban J connectivity index is 2.84. The Morgan fingerprint density at radius 3 is 2.93 bits per heavy atom. The molecule has 1 aliphatic heterocycles. The van der Waals surface area contributed by atoms with Crippen molar-refractivity contribution < 1.29 is 13.5 Å². The Kier molecular flexibility index (Phi) is 3.41. The fraction of sp³-hybridized carbons (Fsp3) is 0.625. The van der Waals surface area contributed by atoms with Crippen LogP contribution in [0.4, 0.5) is 0 Å². The zero-order valence-corrected chi connectivity index (χ0v) is 8.98. The topological polar surface area (TPSA) is 82.4 Å². The van der Waals surface area contributed by atoms with E-state index in [1.165, 1.54) is 6.08 Å². The fourth-order valence-electron chi connectivity index (χ4n) is 1.19. The highest BCUT2D eigenvalue weighted by Gasteiger charge is 2.27. The summed E-state index contributed by atoms with van der Waals surface area (Å²) >= 11 is -2.23. The van der Waals surface area contributed by atoms with Crippen molar-refractivity contribution in [3.63, 3.8) is 0 Å². The highest BCUT2D eigenvalue weighted by Crippen LogP contribution is 2.21. The van der Waals surface area contributed by atoms with E-state index in [4.69, 9.17) is 14.7 Å². The number of hydrogen-bond acceptors (Lipinski definition) is 4. The molecule has 0 aromatic rings. The van der Waals surface area contributed by atoms with Crippen LogP contribution in [0.3, 0.4) is 0 Å². The molecular formula is C8H14N2O3S. The van der Waals surface area contributed by atoms with E-state index in [-0.39, 0.29) is 5.04 Å². The smallest absolute Gasteiger partial charge is 0.205 e. The van der Waals surface area contributed by atoms with Crippen molar-refractivity contribution in [1.82, 2.24) is 5.32 Å². The molecule has 1 rings (SSSR count). The summed E-state index contributed by atoms with van der Waals surface area (Å²) in [6, 6.07) is 0. The highest BCUT2D eigenvalue weighted by atomic mass is 32.2. The third kappa shape index (κ3) is 2.63. The van der Waals surface area contributed by atoms with Crippen molar-refractivity contribution in [3.8, 4) is 0 Å². The first-order valence-corrected chi connectivity index (χ1v) is 5.33. The Labute approximate surface area is 85.3 Å². The minimum atomic E-state index is -2.23. The van der Waals surface area contributed by atoms with Crippen LogP contribution >= 0.6 is 0 Å². The molecule has 80 valence electrons. The maximum absolute atomic E-state index is 10.6. The molecule has 0 radical (unpaired) electrons. The molecule has 14 heavy (non-hydrogen) atoms. The van der Waals surface area contributed by atoms with Crippen LogP contribution in [0.2, 0.25) is 0 Å². The lowest BCUT2D eigenvalue weighted by molar-refractivity contribution is -0.0116. The summed E-state index contributed by atoms with van der Waals surface area (Å²) in [6.07, 6.45) is 1.34. The molecule has 0 spiro atoms. The fourth-order valence-corrected chi connectivity index (χ4v) is 1.41. The molecule has 1 aliphatic rings. The summed E-state index contributed by atoms with van der Waals surface area (Å²) < 4.78 is 24.7. The van der Waals surface area contributed by atoms with Crippen molar-refractivity contribution in [2.75, 3.05) is 13.2 Å². The van der Waals surface area contributed by atoms with Gasteiger partial charge in [-0.15, -0.1) is 0 Å². The summed E-state index contributed by atoms with van der Waals surface area (Å²) in [6.45, 7) is 4.94. The maximum Gasteiger partial charge on any atom is 0.205 e. The van der Waals surface area contributed by atoms with Crippen LogP contribution in [0, 0.1) is 5.41 Å². The lowest BCUT2D eigenvalue weighted by Crippen LogP contribution is -2.43. The van der Waals surface area contributed by atoms with Crippen LogP contribution in [0.1, 0.15) is 13.8 Å². The lowest BCUT2D eigenvalue weighted by Gasteiger charge is -2.34. The summed E-state index contributed by atoms with van der Waals surface area (Å²) in [5.41, 5.74) is 0.139. The largest absolute Gasteiger partial charge is 0.384 e. The molecule has 1 fully saturated rings. The lowest BCUT2D eigenvalue weighted by atomic mass is 10.0. The SMILES string of the molecule is CC1(C)OCCN/C1=C\C(=N)S(=O)O. The molecule has 0 aromatic carbocycles. The van der Waals surface area contributed by atoms with Crippen LogP contribution in [-0.4, -0.2) is 32.6 Å². The molecule has 1 atom stereocenters. The van der Waals surface area contributed by atoms with E-state index in [9.17, 15) is 4.21 Å². The second-order valence-corrected chi connectivity index (χ2v) is 4.40. The van der Waals surface area contributed by atoms with Gasteiger partial charge in [0, 0.05) is 12.2 Å². The summed E-state index contributed by atoms with van der Waals surface area (Å²) in [5, 5.41) is 9.95. The van der Waals surface area contributed by atoms with Gasteiger partial charge in [0.15, 0.2) is 0 Å². The van der Waals surface area contributed by atoms with Gasteiger partial charge in [0.1, 0.15) is 10.6 Å². The van der Waals surface area contributed by atoms with Crippen LogP contribution in [-0.2, 0) is 15.8 Å². The van der Waals surface area contributed by atoms with Gasteiger partial charge in [-0.3, -0.25) is 5.41 Å². The minimum absolute atomic E-state index is 0.328. The molecule has 0 saturated carbocycles. The number of nitrogens with one attached hydrogen (secondary N) is 2. The van der Waals surface area contributed by atoms with Gasteiger partial charge in [-0.05, 0) is 19.9 Å². The number of rotatable bonds is 1. The van der Waals surface area contributed by atoms with E-state index < -0.39 is 16.7 Å². The second-order valence-electron chi connectivity index (χ2n) is 3.46. The van der Waals surface area contributed by atoms with E-state index in [0.29, 0.717) is 18.8 Å². The van der Waals surface area contributed by atoms with Crippen LogP contribution in [0.15, 0.2) is 11.8 Å². The predicted molar refractivity (Wildman–Crippen MR) is 54.6 cm³/mol. The first kappa shape index (κ1) is 11.4. The van der Waals surface area contributed by atoms with E-state index in [1.807, 2.05) is 13.8 Å². The van der Waals surface area contributed by atoms with Crippen molar-refractivity contribution in [3.05, 3.63) is 11.8 Å². The average molecular weight is 218 g/mol. The van der Waals surface area contributed by atoms with Crippen molar-refractivity contribution in [2.45, 2.75) is 19.4 Å². The molecule has 6 heteroatoms. The standard InChI is InChI=1S/C8H14N2O3S/c1-8(2)6(10-3-4-13-8)5-7(9)14(11)12/h5,9-10H,3-4H2,1-2H3,(H,11,12)/b6-5-,9-7?. The first-order valence-electron chi connectivity index (χ1n) is 4.23. The van der Waals surface area contributed by atoms with Gasteiger partial charge < -0.3 is 14.6 Å². The molecule has 0 aromatic heterocycles. The predicted octanol–water partition coefficient (Wildman–Crippen LogP) is 0.468. The van der Waals surface area contributed by atoms with Gasteiger partial charge in [-0.2, -0.15) is 0 Å². The van der Waals surface area contributed by atoms with Gasteiger partial charge in [-0.1, -0.05) is 0 Å². The molecule has 3 N–H and O–H groups in total. The van der Waals surface area contributed by atoms with Crippen LogP contribution in [0.25, 0.3) is 0 Å². The molecule has 1 saturated heterocycles. The van der Waals surface area contributed by atoms with E-state index in [0.717, 1.165) is 0 Å². The number of morpholine rings is 1. The molecule has 0 amide bonds. The summed E-state index contributed by atoms with van der Waals surface area (Å²) in [7, 11) is 0. The van der Waals surface area contributed by atoms with Crippen LogP contribution < -0.4 is 5.32 Å². The molecular weight excluding hydrogens is 204 g/mol. The molecule has 5 nitrogen and oxygen atoms in total. The van der Waals surface area contributed by atoms with Gasteiger partial charge in [0.25, 0.3) is 0 Å². The van der Waals surface area contributed by atoms with E-state index >= 15 is 0 Å². The number of ether oxygens (including phenoxy) is 1. The second kappa shape index (κ2) is 4.20. The normalized spacial score (nSPS) is 25.5. The first-order chi connectivity index (χ1) is 6.43. The van der Waals surface area contributed by atoms with E-state index in [1.54, 1.807) is 0 Å². The third-order valence-electron chi connectivity index (χ3n) is 1.99. The average Bonchev–Trinajstić information content (AvgIpc) is 2.08. The Morgan fingerprint density at radius 1 is 1.79 bits per heavy atom.